The minimum absolute atomic E-state index is 0.164. The number of carbonyl (C=O) groups is 1. The number of nitrogens with zero attached hydrogens (tertiary/aromatic N) is 1. The third-order valence-electron chi connectivity index (χ3n) is 3.44. The van der Waals surface area contributed by atoms with E-state index in [4.69, 9.17) is 10.8 Å². The van der Waals surface area contributed by atoms with Crippen molar-refractivity contribution in [3.05, 3.63) is 0 Å². The van der Waals surface area contributed by atoms with E-state index in [1.165, 1.54) is 0 Å². The largest absolute Gasteiger partial charge is 0.415 e. The number of rotatable bonds is 6. The number of halogens is 3. The standard InChI is InChI=1S/C12H22F3N3O2/c13-12(14,15)10(19)8-18-6-2-1-3-9(18)7-17-11(20)4-5-16/h9-10,19H,1-8,16H2,(H,17,20). The van der Waals surface area contributed by atoms with Gasteiger partial charge >= 0.3 is 6.18 Å². The summed E-state index contributed by atoms with van der Waals surface area (Å²) in [4.78, 5) is 12.9. The molecule has 1 amide bonds. The molecule has 0 aromatic heterocycles. The van der Waals surface area contributed by atoms with Crippen molar-refractivity contribution in [3.8, 4) is 0 Å². The number of alkyl halides is 3. The van der Waals surface area contributed by atoms with Crippen molar-refractivity contribution in [2.45, 2.75) is 44.0 Å². The second-order valence-corrected chi connectivity index (χ2v) is 5.04. The smallest absolute Gasteiger partial charge is 0.382 e. The first-order valence-electron chi connectivity index (χ1n) is 6.80. The van der Waals surface area contributed by atoms with E-state index < -0.39 is 18.8 Å². The van der Waals surface area contributed by atoms with E-state index in [0.29, 0.717) is 19.5 Å². The van der Waals surface area contributed by atoms with Gasteiger partial charge in [0, 0.05) is 32.1 Å². The third kappa shape index (κ3) is 5.64. The van der Waals surface area contributed by atoms with E-state index in [1.54, 1.807) is 4.90 Å². The van der Waals surface area contributed by atoms with Crippen molar-refractivity contribution in [1.29, 1.82) is 0 Å². The fourth-order valence-electron chi connectivity index (χ4n) is 2.31. The van der Waals surface area contributed by atoms with Gasteiger partial charge in [0.15, 0.2) is 6.10 Å². The molecule has 2 unspecified atom stereocenters. The maximum atomic E-state index is 12.4. The van der Waals surface area contributed by atoms with Crippen LogP contribution in [0.25, 0.3) is 0 Å². The van der Waals surface area contributed by atoms with Crippen LogP contribution in [0.15, 0.2) is 0 Å². The minimum Gasteiger partial charge on any atom is -0.382 e. The molecule has 118 valence electrons. The summed E-state index contributed by atoms with van der Waals surface area (Å²) in [6.07, 6.45) is -4.31. The van der Waals surface area contributed by atoms with Crippen LogP contribution in [0.2, 0.25) is 0 Å². The maximum Gasteiger partial charge on any atom is 0.415 e. The van der Waals surface area contributed by atoms with Crippen LogP contribution in [0.5, 0.6) is 0 Å². The zero-order valence-electron chi connectivity index (χ0n) is 11.3. The molecule has 5 nitrogen and oxygen atoms in total. The molecule has 4 N–H and O–H groups in total. The quantitative estimate of drug-likeness (QED) is 0.656. The molecule has 1 aliphatic rings. The highest BCUT2D eigenvalue weighted by molar-refractivity contribution is 5.76. The highest BCUT2D eigenvalue weighted by Crippen LogP contribution is 2.24. The Balaban J connectivity index is 2.47. The van der Waals surface area contributed by atoms with Gasteiger partial charge in [-0.3, -0.25) is 9.69 Å². The Bertz CT molecular complexity index is 313. The number of carbonyl (C=O) groups excluding carboxylic acids is 1. The van der Waals surface area contributed by atoms with Gasteiger partial charge in [-0.05, 0) is 19.4 Å². The molecule has 1 heterocycles. The second-order valence-electron chi connectivity index (χ2n) is 5.04. The molecule has 0 radical (unpaired) electrons. The van der Waals surface area contributed by atoms with Crippen molar-refractivity contribution in [1.82, 2.24) is 10.2 Å². The molecule has 0 aromatic carbocycles. The number of aliphatic hydroxyl groups excluding tert-OH is 1. The van der Waals surface area contributed by atoms with Crippen LogP contribution in [0.3, 0.4) is 0 Å². The Morgan fingerprint density at radius 1 is 1.45 bits per heavy atom. The maximum absolute atomic E-state index is 12.4. The highest BCUT2D eigenvalue weighted by atomic mass is 19.4. The predicted molar refractivity (Wildman–Crippen MR) is 68.0 cm³/mol. The highest BCUT2D eigenvalue weighted by Gasteiger charge is 2.40. The summed E-state index contributed by atoms with van der Waals surface area (Å²) in [5, 5.41) is 11.8. The van der Waals surface area contributed by atoms with Crippen molar-refractivity contribution >= 4 is 5.91 Å². The molecule has 1 fully saturated rings. The Morgan fingerprint density at radius 3 is 2.75 bits per heavy atom. The van der Waals surface area contributed by atoms with Crippen LogP contribution in [0.4, 0.5) is 13.2 Å². The normalized spacial score (nSPS) is 22.6. The van der Waals surface area contributed by atoms with Gasteiger partial charge in [-0.2, -0.15) is 13.2 Å². The summed E-state index contributed by atoms with van der Waals surface area (Å²) >= 11 is 0. The van der Waals surface area contributed by atoms with Gasteiger partial charge < -0.3 is 16.2 Å². The molecule has 0 aromatic rings. The molecule has 2 atom stereocenters. The molecule has 20 heavy (non-hydrogen) atoms. The van der Waals surface area contributed by atoms with E-state index in [2.05, 4.69) is 5.32 Å². The fraction of sp³-hybridized carbons (Fsp3) is 0.917. The van der Waals surface area contributed by atoms with Crippen LogP contribution in [0.1, 0.15) is 25.7 Å². The monoisotopic (exact) mass is 297 g/mol. The van der Waals surface area contributed by atoms with Crippen LogP contribution in [-0.2, 0) is 4.79 Å². The molecule has 0 bridgehead atoms. The molecule has 8 heteroatoms. The molecule has 1 rings (SSSR count). The van der Waals surface area contributed by atoms with Gasteiger partial charge in [-0.1, -0.05) is 6.42 Å². The Hall–Kier alpha value is -0.860. The van der Waals surface area contributed by atoms with E-state index in [9.17, 15) is 18.0 Å². The van der Waals surface area contributed by atoms with Crippen molar-refractivity contribution in [2.24, 2.45) is 5.73 Å². The number of nitrogens with two attached hydrogens (primary N) is 1. The summed E-state index contributed by atoms with van der Waals surface area (Å²) in [5.41, 5.74) is 5.25. The van der Waals surface area contributed by atoms with E-state index in [-0.39, 0.29) is 24.9 Å². The zero-order chi connectivity index (χ0) is 15.2. The van der Waals surface area contributed by atoms with Gasteiger partial charge in [-0.15, -0.1) is 0 Å². The third-order valence-corrected chi connectivity index (χ3v) is 3.44. The summed E-state index contributed by atoms with van der Waals surface area (Å²) in [6.45, 7) is 0.599. The van der Waals surface area contributed by atoms with Crippen LogP contribution >= 0.6 is 0 Å². The van der Waals surface area contributed by atoms with E-state index in [1.807, 2.05) is 0 Å². The summed E-state index contributed by atoms with van der Waals surface area (Å²) in [5.74, 6) is -0.200. The van der Waals surface area contributed by atoms with E-state index in [0.717, 1.165) is 12.8 Å². The SMILES string of the molecule is NCCC(=O)NCC1CCCCN1CC(O)C(F)(F)F. The van der Waals surface area contributed by atoms with Crippen LogP contribution < -0.4 is 11.1 Å². The first kappa shape index (κ1) is 17.2. The Morgan fingerprint density at radius 2 is 2.15 bits per heavy atom. The summed E-state index contributed by atoms with van der Waals surface area (Å²) < 4.78 is 37.2. The summed E-state index contributed by atoms with van der Waals surface area (Å²) in [6, 6.07) is -0.164. The van der Waals surface area contributed by atoms with Gasteiger partial charge in [0.1, 0.15) is 0 Å². The van der Waals surface area contributed by atoms with Crippen LogP contribution in [0, 0.1) is 0 Å². The molecular weight excluding hydrogens is 275 g/mol. The molecule has 0 aliphatic carbocycles. The van der Waals surface area contributed by atoms with Gasteiger partial charge in [0.05, 0.1) is 0 Å². The molecule has 1 aliphatic heterocycles. The fourth-order valence-corrected chi connectivity index (χ4v) is 2.31. The molecular formula is C12H22F3N3O2. The lowest BCUT2D eigenvalue weighted by Crippen LogP contribution is -2.51. The lowest BCUT2D eigenvalue weighted by Gasteiger charge is -2.37. The number of hydrogen-bond acceptors (Lipinski definition) is 4. The average Bonchev–Trinajstić information content (AvgIpc) is 2.37. The van der Waals surface area contributed by atoms with Gasteiger partial charge in [-0.25, -0.2) is 0 Å². The van der Waals surface area contributed by atoms with Crippen molar-refractivity contribution < 1.29 is 23.1 Å². The lowest BCUT2D eigenvalue weighted by atomic mass is 10.0. The van der Waals surface area contributed by atoms with Gasteiger partial charge in [0.25, 0.3) is 0 Å². The number of piperidine rings is 1. The average molecular weight is 297 g/mol. The molecule has 0 saturated carbocycles. The van der Waals surface area contributed by atoms with E-state index >= 15 is 0 Å². The Labute approximate surface area is 116 Å². The second kappa shape index (κ2) is 7.80. The molecule has 0 spiro atoms. The first-order valence-corrected chi connectivity index (χ1v) is 6.80. The van der Waals surface area contributed by atoms with Crippen molar-refractivity contribution in [2.75, 3.05) is 26.2 Å². The van der Waals surface area contributed by atoms with Gasteiger partial charge in [0.2, 0.25) is 5.91 Å². The number of likely N-dealkylation sites (tertiary alicyclic amines) is 1. The topological polar surface area (TPSA) is 78.6 Å². The number of β-amino-alcohol motifs (C(OH)–C–C–N with tert-alkyl or cyclic N) is 1. The minimum atomic E-state index is -4.61. The number of nitrogens with one attached hydrogen (secondary N) is 1. The van der Waals surface area contributed by atoms with Crippen molar-refractivity contribution in [3.63, 3.8) is 0 Å². The first-order chi connectivity index (χ1) is 9.34. The summed E-state index contributed by atoms with van der Waals surface area (Å²) in [7, 11) is 0. The Kier molecular flexibility index (Phi) is 6.70. The van der Waals surface area contributed by atoms with Crippen LogP contribution in [-0.4, -0.2) is 60.4 Å². The number of hydrogen-bond donors (Lipinski definition) is 3. The zero-order valence-corrected chi connectivity index (χ0v) is 11.3. The molecule has 1 saturated heterocycles. The number of amides is 1. The predicted octanol–water partition coefficient (Wildman–Crippen LogP) is 0.229. The lowest BCUT2D eigenvalue weighted by molar-refractivity contribution is -0.210. The number of aliphatic hydroxyl groups is 1.